The Morgan fingerprint density at radius 3 is 2.38 bits per heavy atom. The molecule has 1 atom stereocenters. The summed E-state index contributed by atoms with van der Waals surface area (Å²) in [6.07, 6.45) is 2.37. The van der Waals surface area contributed by atoms with E-state index in [2.05, 4.69) is 17.0 Å². The van der Waals surface area contributed by atoms with Crippen LogP contribution in [0.15, 0.2) is 47.4 Å². The van der Waals surface area contributed by atoms with Crippen molar-refractivity contribution in [1.82, 2.24) is 4.72 Å². The minimum atomic E-state index is -3.94. The van der Waals surface area contributed by atoms with E-state index in [0.717, 1.165) is 29.7 Å². The third-order valence-corrected chi connectivity index (χ3v) is 7.16. The zero-order chi connectivity index (χ0) is 23.5. The van der Waals surface area contributed by atoms with Crippen LogP contribution >= 0.6 is 0 Å². The minimum absolute atomic E-state index is 0.0665. The molecule has 32 heavy (non-hydrogen) atoms. The molecule has 1 aliphatic rings. The van der Waals surface area contributed by atoms with Gasteiger partial charge in [-0.15, -0.1) is 0 Å². The van der Waals surface area contributed by atoms with Crippen molar-refractivity contribution in [1.29, 1.82) is 0 Å². The molecule has 0 saturated carbocycles. The molecule has 0 spiro atoms. The SMILES string of the molecule is CCc1ccc(NC(=O)[C@H](NS(=O)(=O)c2ccc3c(c2)CCCN3C(C)=O)C(C)C)cc1. The molecule has 0 aliphatic carbocycles. The molecule has 1 heterocycles. The Hall–Kier alpha value is -2.71. The van der Waals surface area contributed by atoms with E-state index in [1.807, 2.05) is 24.3 Å². The van der Waals surface area contributed by atoms with Gasteiger partial charge in [0.15, 0.2) is 0 Å². The highest BCUT2D eigenvalue weighted by molar-refractivity contribution is 7.89. The first-order chi connectivity index (χ1) is 15.1. The van der Waals surface area contributed by atoms with Gasteiger partial charge >= 0.3 is 0 Å². The van der Waals surface area contributed by atoms with Gasteiger partial charge in [-0.25, -0.2) is 8.42 Å². The maximum atomic E-state index is 13.1. The summed E-state index contributed by atoms with van der Waals surface area (Å²) >= 11 is 0. The highest BCUT2D eigenvalue weighted by Crippen LogP contribution is 2.29. The standard InChI is InChI=1S/C24H31N3O4S/c1-5-18-8-10-20(11-9-18)25-24(29)23(16(2)3)26-32(30,31)21-12-13-22-19(15-21)7-6-14-27(22)17(4)28/h8-13,15-16,23,26H,5-7,14H2,1-4H3,(H,25,29)/t23-/m1/s1. The fourth-order valence-electron chi connectivity index (χ4n) is 3.84. The quantitative estimate of drug-likeness (QED) is 0.665. The van der Waals surface area contributed by atoms with E-state index in [4.69, 9.17) is 0 Å². The summed E-state index contributed by atoms with van der Waals surface area (Å²) < 4.78 is 28.8. The Kier molecular flexibility index (Phi) is 7.36. The fourth-order valence-corrected chi connectivity index (χ4v) is 5.23. The number of aryl methyl sites for hydroxylation is 2. The van der Waals surface area contributed by atoms with E-state index in [1.165, 1.54) is 13.0 Å². The number of carbonyl (C=O) groups is 2. The van der Waals surface area contributed by atoms with Gasteiger partial charge in [-0.1, -0.05) is 32.9 Å². The summed E-state index contributed by atoms with van der Waals surface area (Å²) in [4.78, 5) is 26.5. The highest BCUT2D eigenvalue weighted by Gasteiger charge is 2.30. The van der Waals surface area contributed by atoms with Crippen molar-refractivity contribution in [2.24, 2.45) is 5.92 Å². The fraction of sp³-hybridized carbons (Fsp3) is 0.417. The molecule has 7 nitrogen and oxygen atoms in total. The number of fused-ring (bicyclic) bond motifs is 1. The first kappa shape index (κ1) is 23.9. The van der Waals surface area contributed by atoms with Gasteiger partial charge in [-0.3, -0.25) is 9.59 Å². The number of sulfonamides is 1. The Labute approximate surface area is 190 Å². The predicted octanol–water partition coefficient (Wildman–Crippen LogP) is 3.49. The van der Waals surface area contributed by atoms with Crippen LogP contribution in [-0.2, 0) is 32.5 Å². The molecule has 2 aromatic carbocycles. The highest BCUT2D eigenvalue weighted by atomic mass is 32.2. The van der Waals surface area contributed by atoms with Gasteiger partial charge in [-0.05, 0) is 66.6 Å². The second-order valence-electron chi connectivity index (χ2n) is 8.45. The van der Waals surface area contributed by atoms with Crippen LogP contribution in [0.3, 0.4) is 0 Å². The minimum Gasteiger partial charge on any atom is -0.325 e. The summed E-state index contributed by atoms with van der Waals surface area (Å²) in [5.74, 6) is -0.734. The maximum Gasteiger partial charge on any atom is 0.242 e. The maximum absolute atomic E-state index is 13.1. The molecule has 1 aliphatic heterocycles. The lowest BCUT2D eigenvalue weighted by atomic mass is 10.0. The second kappa shape index (κ2) is 9.83. The van der Waals surface area contributed by atoms with Crippen molar-refractivity contribution >= 4 is 33.2 Å². The van der Waals surface area contributed by atoms with E-state index in [-0.39, 0.29) is 16.7 Å². The molecule has 3 rings (SSSR count). The van der Waals surface area contributed by atoms with Gasteiger partial charge in [0.05, 0.1) is 4.90 Å². The number of amides is 2. The van der Waals surface area contributed by atoms with Crippen LogP contribution in [0.2, 0.25) is 0 Å². The summed E-state index contributed by atoms with van der Waals surface area (Å²) in [6.45, 7) is 7.77. The van der Waals surface area contributed by atoms with E-state index in [1.54, 1.807) is 30.9 Å². The molecule has 2 N–H and O–H groups in total. The molecule has 2 amide bonds. The predicted molar refractivity (Wildman–Crippen MR) is 126 cm³/mol. The van der Waals surface area contributed by atoms with Crippen LogP contribution < -0.4 is 14.9 Å². The third-order valence-electron chi connectivity index (χ3n) is 5.72. The largest absolute Gasteiger partial charge is 0.325 e. The average Bonchev–Trinajstić information content (AvgIpc) is 2.76. The number of benzene rings is 2. The normalized spacial score (nSPS) is 14.7. The first-order valence-corrected chi connectivity index (χ1v) is 12.4. The number of hydrogen-bond acceptors (Lipinski definition) is 4. The number of nitrogens with zero attached hydrogens (tertiary/aromatic N) is 1. The van der Waals surface area contributed by atoms with Crippen molar-refractivity contribution in [2.75, 3.05) is 16.8 Å². The molecule has 0 radical (unpaired) electrons. The average molecular weight is 458 g/mol. The first-order valence-electron chi connectivity index (χ1n) is 11.0. The lowest BCUT2D eigenvalue weighted by molar-refractivity contribution is -0.118. The number of hydrogen-bond donors (Lipinski definition) is 2. The molecule has 0 bridgehead atoms. The third kappa shape index (κ3) is 5.37. The van der Waals surface area contributed by atoms with Crippen molar-refractivity contribution in [3.63, 3.8) is 0 Å². The van der Waals surface area contributed by atoms with Crippen LogP contribution in [0.4, 0.5) is 11.4 Å². The molecule has 0 aromatic heterocycles. The molecule has 8 heteroatoms. The van der Waals surface area contributed by atoms with E-state index in [0.29, 0.717) is 18.7 Å². The topological polar surface area (TPSA) is 95.6 Å². The van der Waals surface area contributed by atoms with Gasteiger partial charge in [0.1, 0.15) is 6.04 Å². The monoisotopic (exact) mass is 457 g/mol. The molecule has 0 saturated heterocycles. The molecule has 2 aromatic rings. The van der Waals surface area contributed by atoms with Gasteiger partial charge in [0.25, 0.3) is 0 Å². The van der Waals surface area contributed by atoms with Crippen molar-refractivity contribution < 1.29 is 18.0 Å². The number of anilines is 2. The van der Waals surface area contributed by atoms with Crippen LogP contribution in [0, 0.1) is 5.92 Å². The second-order valence-corrected chi connectivity index (χ2v) is 10.2. The van der Waals surface area contributed by atoms with Crippen molar-refractivity contribution in [2.45, 2.75) is 57.9 Å². The Bertz CT molecular complexity index is 1090. The zero-order valence-corrected chi connectivity index (χ0v) is 19.8. The molecular formula is C24H31N3O4S. The van der Waals surface area contributed by atoms with E-state index >= 15 is 0 Å². The Morgan fingerprint density at radius 1 is 1.09 bits per heavy atom. The van der Waals surface area contributed by atoms with Crippen LogP contribution in [0.1, 0.15) is 45.2 Å². The zero-order valence-electron chi connectivity index (χ0n) is 19.0. The van der Waals surface area contributed by atoms with E-state index < -0.39 is 22.0 Å². The summed E-state index contributed by atoms with van der Waals surface area (Å²) in [5.41, 5.74) is 3.34. The molecule has 172 valence electrons. The van der Waals surface area contributed by atoms with Crippen LogP contribution in [0.5, 0.6) is 0 Å². The number of rotatable bonds is 7. The molecule has 0 fully saturated rings. The van der Waals surface area contributed by atoms with E-state index in [9.17, 15) is 18.0 Å². The van der Waals surface area contributed by atoms with Gasteiger partial charge in [0, 0.05) is 24.8 Å². The van der Waals surface area contributed by atoms with Gasteiger partial charge in [0.2, 0.25) is 21.8 Å². The van der Waals surface area contributed by atoms with Gasteiger partial charge < -0.3 is 10.2 Å². The Morgan fingerprint density at radius 2 is 1.78 bits per heavy atom. The van der Waals surface area contributed by atoms with Crippen LogP contribution in [0.25, 0.3) is 0 Å². The molecule has 0 unspecified atom stereocenters. The summed E-state index contributed by atoms with van der Waals surface area (Å²) in [6, 6.07) is 11.3. The summed E-state index contributed by atoms with van der Waals surface area (Å²) in [7, 11) is -3.94. The summed E-state index contributed by atoms with van der Waals surface area (Å²) in [5, 5.41) is 2.81. The lowest BCUT2D eigenvalue weighted by Gasteiger charge is -2.29. The number of carbonyl (C=O) groups excluding carboxylic acids is 2. The van der Waals surface area contributed by atoms with Crippen LogP contribution in [-0.4, -0.2) is 32.8 Å². The molecular weight excluding hydrogens is 426 g/mol. The lowest BCUT2D eigenvalue weighted by Crippen LogP contribution is -2.47. The van der Waals surface area contributed by atoms with Gasteiger partial charge in [-0.2, -0.15) is 4.72 Å². The smallest absolute Gasteiger partial charge is 0.242 e. The van der Waals surface area contributed by atoms with Crippen molar-refractivity contribution in [3.8, 4) is 0 Å². The van der Waals surface area contributed by atoms with Crippen molar-refractivity contribution in [3.05, 3.63) is 53.6 Å². The Balaban J connectivity index is 1.80. The number of nitrogens with one attached hydrogen (secondary N) is 2.